The number of nitrogens with one attached hydrogen (secondary N) is 1. The number of likely N-dealkylation sites (N-methyl/N-ethyl adjacent to an activating group) is 1. The molecule has 2 aliphatic heterocycles. The number of morpholine rings is 1. The van der Waals surface area contributed by atoms with Gasteiger partial charge in [0.1, 0.15) is 0 Å². The number of ether oxygens (including phenoxy) is 1. The molecule has 1 fully saturated rings. The summed E-state index contributed by atoms with van der Waals surface area (Å²) in [5.74, 6) is -0.509. The number of amides is 1. The number of carbonyl (C=O) groups excluding carboxylic acids is 1. The summed E-state index contributed by atoms with van der Waals surface area (Å²) in [7, 11) is 2.07. The van der Waals surface area contributed by atoms with Gasteiger partial charge >= 0.3 is 6.18 Å². The molecule has 0 radical (unpaired) electrons. The van der Waals surface area contributed by atoms with Gasteiger partial charge in [-0.25, -0.2) is 0 Å². The molecular weight excluding hydrogens is 407 g/mol. The molecule has 2 aromatic carbocycles. The van der Waals surface area contributed by atoms with E-state index in [-0.39, 0.29) is 11.6 Å². The van der Waals surface area contributed by atoms with Crippen LogP contribution in [0, 0.1) is 0 Å². The predicted molar refractivity (Wildman–Crippen MR) is 112 cm³/mol. The summed E-state index contributed by atoms with van der Waals surface area (Å²) in [6.07, 6.45) is -3.50. The number of hydrogen-bond donors (Lipinski definition) is 1. The highest BCUT2D eigenvalue weighted by Crippen LogP contribution is 2.32. The third-order valence-electron chi connectivity index (χ3n) is 6.01. The molecule has 5 nitrogen and oxygen atoms in total. The van der Waals surface area contributed by atoms with Crippen LogP contribution in [0.25, 0.3) is 0 Å². The Labute approximate surface area is 179 Å². The predicted octanol–water partition coefficient (Wildman–Crippen LogP) is 3.50. The molecule has 2 aromatic rings. The maximum atomic E-state index is 13.0. The summed E-state index contributed by atoms with van der Waals surface area (Å²) in [6, 6.07) is 10.8. The molecule has 1 atom stereocenters. The van der Waals surface area contributed by atoms with Crippen LogP contribution < -0.4 is 10.2 Å². The van der Waals surface area contributed by atoms with E-state index in [4.69, 9.17) is 4.74 Å². The van der Waals surface area contributed by atoms with E-state index in [1.54, 1.807) is 0 Å². The van der Waals surface area contributed by atoms with Gasteiger partial charge in [0.15, 0.2) is 0 Å². The number of carbonyl (C=O) groups is 1. The van der Waals surface area contributed by atoms with Crippen LogP contribution in [0.2, 0.25) is 0 Å². The van der Waals surface area contributed by atoms with Crippen LogP contribution in [-0.2, 0) is 17.3 Å². The second kappa shape index (κ2) is 8.88. The number of alkyl halides is 3. The Morgan fingerprint density at radius 1 is 1.13 bits per heavy atom. The fourth-order valence-electron chi connectivity index (χ4n) is 4.27. The maximum Gasteiger partial charge on any atom is 0.416 e. The zero-order valence-corrected chi connectivity index (χ0v) is 17.4. The first-order valence-electron chi connectivity index (χ1n) is 10.4. The number of halogens is 3. The van der Waals surface area contributed by atoms with E-state index in [2.05, 4.69) is 40.4 Å². The van der Waals surface area contributed by atoms with Crippen molar-refractivity contribution >= 4 is 11.6 Å². The van der Waals surface area contributed by atoms with E-state index in [9.17, 15) is 18.0 Å². The molecule has 0 unspecified atom stereocenters. The monoisotopic (exact) mass is 433 g/mol. The van der Waals surface area contributed by atoms with Crippen LogP contribution in [0.5, 0.6) is 0 Å². The van der Waals surface area contributed by atoms with Gasteiger partial charge in [0.05, 0.1) is 24.8 Å². The molecule has 166 valence electrons. The third-order valence-corrected chi connectivity index (χ3v) is 6.01. The molecule has 2 aliphatic rings. The average molecular weight is 433 g/mol. The molecule has 0 aromatic heterocycles. The molecule has 0 saturated carbocycles. The lowest BCUT2D eigenvalue weighted by atomic mass is 10.00. The lowest BCUT2D eigenvalue weighted by molar-refractivity contribution is -0.137. The van der Waals surface area contributed by atoms with E-state index < -0.39 is 17.6 Å². The van der Waals surface area contributed by atoms with Gasteiger partial charge < -0.3 is 15.0 Å². The van der Waals surface area contributed by atoms with Crippen LogP contribution in [-0.4, -0.2) is 57.2 Å². The smallest absolute Gasteiger partial charge is 0.379 e. The fourth-order valence-corrected chi connectivity index (χ4v) is 4.27. The van der Waals surface area contributed by atoms with Crippen LogP contribution >= 0.6 is 0 Å². The summed E-state index contributed by atoms with van der Waals surface area (Å²) in [5, 5.41) is 2.85. The zero-order chi connectivity index (χ0) is 22.0. The Morgan fingerprint density at radius 2 is 1.90 bits per heavy atom. The first-order chi connectivity index (χ1) is 14.8. The minimum Gasteiger partial charge on any atom is -0.379 e. The fraction of sp³-hybridized carbons (Fsp3) is 0.435. The number of hydrogen-bond acceptors (Lipinski definition) is 4. The first-order valence-corrected chi connectivity index (χ1v) is 10.4. The Balaban J connectivity index is 1.53. The molecule has 31 heavy (non-hydrogen) atoms. The van der Waals surface area contributed by atoms with Gasteiger partial charge in [-0.15, -0.1) is 0 Å². The van der Waals surface area contributed by atoms with Crippen molar-refractivity contribution in [3.05, 3.63) is 64.7 Å². The topological polar surface area (TPSA) is 44.8 Å². The second-order valence-corrected chi connectivity index (χ2v) is 8.01. The second-order valence-electron chi connectivity index (χ2n) is 8.01. The molecule has 2 heterocycles. The highest BCUT2D eigenvalue weighted by Gasteiger charge is 2.31. The van der Waals surface area contributed by atoms with Gasteiger partial charge in [0.2, 0.25) is 0 Å². The molecule has 1 amide bonds. The van der Waals surface area contributed by atoms with Crippen molar-refractivity contribution in [1.82, 2.24) is 10.2 Å². The van der Waals surface area contributed by atoms with E-state index >= 15 is 0 Å². The van der Waals surface area contributed by atoms with Gasteiger partial charge in [-0.3, -0.25) is 9.69 Å². The van der Waals surface area contributed by atoms with Gasteiger partial charge in [0, 0.05) is 44.5 Å². The number of nitrogens with zero attached hydrogens (tertiary/aromatic N) is 2. The molecule has 4 rings (SSSR count). The van der Waals surface area contributed by atoms with Crippen molar-refractivity contribution in [1.29, 1.82) is 0 Å². The van der Waals surface area contributed by atoms with E-state index in [0.29, 0.717) is 19.8 Å². The van der Waals surface area contributed by atoms with Gasteiger partial charge in [-0.2, -0.15) is 13.2 Å². The zero-order valence-electron chi connectivity index (χ0n) is 17.4. The average Bonchev–Trinajstić information content (AvgIpc) is 3.14. The maximum absolute atomic E-state index is 13.0. The molecule has 8 heteroatoms. The third kappa shape index (κ3) is 4.85. The molecule has 1 saturated heterocycles. The quantitative estimate of drug-likeness (QED) is 0.784. The highest BCUT2D eigenvalue weighted by atomic mass is 19.4. The highest BCUT2D eigenvalue weighted by molar-refractivity contribution is 5.94. The SMILES string of the molecule is CN1CCc2cc([C@H](CNC(=O)c3cccc(C(F)(F)F)c3)N3CCOCC3)ccc21. The Kier molecular flexibility index (Phi) is 6.20. The first kappa shape index (κ1) is 21.6. The van der Waals surface area contributed by atoms with Crippen molar-refractivity contribution in [3.8, 4) is 0 Å². The van der Waals surface area contributed by atoms with Gasteiger partial charge in [-0.05, 0) is 41.8 Å². The molecule has 0 aliphatic carbocycles. The summed E-state index contributed by atoms with van der Waals surface area (Å²) >= 11 is 0. The number of rotatable bonds is 5. The van der Waals surface area contributed by atoms with E-state index in [0.717, 1.165) is 43.8 Å². The number of fused-ring (bicyclic) bond motifs is 1. The van der Waals surface area contributed by atoms with Crippen molar-refractivity contribution in [2.24, 2.45) is 0 Å². The lowest BCUT2D eigenvalue weighted by Crippen LogP contribution is -2.43. The molecule has 1 N–H and O–H groups in total. The van der Waals surface area contributed by atoms with Crippen molar-refractivity contribution in [2.75, 3.05) is 51.3 Å². The van der Waals surface area contributed by atoms with Crippen LogP contribution in [0.1, 0.15) is 33.1 Å². The van der Waals surface area contributed by atoms with Crippen molar-refractivity contribution < 1.29 is 22.7 Å². The van der Waals surface area contributed by atoms with Crippen molar-refractivity contribution in [2.45, 2.75) is 18.6 Å². The summed E-state index contributed by atoms with van der Waals surface area (Å²) in [6.45, 7) is 4.00. The van der Waals surface area contributed by atoms with Crippen LogP contribution in [0.3, 0.4) is 0 Å². The van der Waals surface area contributed by atoms with Crippen LogP contribution in [0.4, 0.5) is 18.9 Å². The largest absolute Gasteiger partial charge is 0.416 e. The normalized spacial score (nSPS) is 18.0. The summed E-state index contributed by atoms with van der Waals surface area (Å²) in [5.41, 5.74) is 2.78. The Morgan fingerprint density at radius 3 is 2.65 bits per heavy atom. The molecule has 0 bridgehead atoms. The van der Waals surface area contributed by atoms with E-state index in [1.807, 2.05) is 0 Å². The van der Waals surface area contributed by atoms with Gasteiger partial charge in [0.25, 0.3) is 5.91 Å². The Hall–Kier alpha value is -2.58. The van der Waals surface area contributed by atoms with Crippen LogP contribution in [0.15, 0.2) is 42.5 Å². The molecule has 0 spiro atoms. The van der Waals surface area contributed by atoms with Crippen molar-refractivity contribution in [3.63, 3.8) is 0 Å². The summed E-state index contributed by atoms with van der Waals surface area (Å²) in [4.78, 5) is 17.1. The standard InChI is InChI=1S/C23H26F3N3O2/c1-28-8-7-17-13-16(5-6-20(17)28)21(29-9-11-31-12-10-29)15-27-22(30)18-3-2-4-19(14-18)23(24,25)26/h2-6,13-14,21H,7-12,15H2,1H3,(H,27,30)/t21-/m0/s1. The summed E-state index contributed by atoms with van der Waals surface area (Å²) < 4.78 is 44.4. The number of anilines is 1. The number of benzene rings is 2. The Bertz CT molecular complexity index is 942. The van der Waals surface area contributed by atoms with Gasteiger partial charge in [-0.1, -0.05) is 18.2 Å². The minimum absolute atomic E-state index is 0.00568. The van der Waals surface area contributed by atoms with E-state index in [1.165, 1.54) is 23.4 Å². The lowest BCUT2D eigenvalue weighted by Gasteiger charge is -2.35. The minimum atomic E-state index is -4.48. The molecular formula is C23H26F3N3O2.